The van der Waals surface area contributed by atoms with Crippen molar-refractivity contribution < 1.29 is 18.8 Å². The van der Waals surface area contributed by atoms with Gasteiger partial charge in [0.2, 0.25) is 11.8 Å². The van der Waals surface area contributed by atoms with Crippen molar-refractivity contribution in [2.75, 3.05) is 18.4 Å². The lowest BCUT2D eigenvalue weighted by Gasteiger charge is -2.36. The van der Waals surface area contributed by atoms with Crippen LogP contribution < -0.4 is 16.0 Å². The summed E-state index contributed by atoms with van der Waals surface area (Å²) in [5.74, 6) is -1.14. The molecule has 1 saturated heterocycles. The fourth-order valence-corrected chi connectivity index (χ4v) is 3.59. The maximum absolute atomic E-state index is 13.0. The molecule has 2 fully saturated rings. The third kappa shape index (κ3) is 5.18. The highest BCUT2D eigenvalue weighted by molar-refractivity contribution is 5.97. The number of hydrogen-bond acceptors (Lipinski definition) is 3. The first-order valence-electron chi connectivity index (χ1n) is 9.43. The largest absolute Gasteiger partial charge is 0.353 e. The Labute approximate surface area is 157 Å². The molecule has 27 heavy (non-hydrogen) atoms. The molecule has 0 spiro atoms. The molecule has 0 unspecified atom stereocenters. The molecule has 2 aliphatic rings. The summed E-state index contributed by atoms with van der Waals surface area (Å²) in [5.41, 5.74) is 0.441. The number of rotatable bonds is 4. The van der Waals surface area contributed by atoms with Gasteiger partial charge in [0, 0.05) is 24.8 Å². The van der Waals surface area contributed by atoms with Gasteiger partial charge >= 0.3 is 6.03 Å². The number of nitrogens with one attached hydrogen (secondary N) is 3. The lowest BCUT2D eigenvalue weighted by Crippen LogP contribution is -2.61. The number of anilines is 1. The molecule has 7 nitrogen and oxygen atoms in total. The van der Waals surface area contributed by atoms with E-state index in [9.17, 15) is 18.8 Å². The van der Waals surface area contributed by atoms with E-state index in [2.05, 4.69) is 16.0 Å². The van der Waals surface area contributed by atoms with E-state index in [-0.39, 0.29) is 24.4 Å². The Kier molecular flexibility index (Phi) is 6.26. The molecule has 1 saturated carbocycles. The van der Waals surface area contributed by atoms with Crippen molar-refractivity contribution in [3.05, 3.63) is 30.1 Å². The van der Waals surface area contributed by atoms with Gasteiger partial charge in [0.05, 0.1) is 6.42 Å². The summed E-state index contributed by atoms with van der Waals surface area (Å²) in [6.07, 6.45) is 5.11. The Morgan fingerprint density at radius 2 is 1.85 bits per heavy atom. The van der Waals surface area contributed by atoms with Crippen molar-refractivity contribution in [2.45, 2.75) is 50.6 Å². The smallest absolute Gasteiger partial charge is 0.318 e. The maximum Gasteiger partial charge on any atom is 0.318 e. The molecular weight excluding hydrogens is 351 g/mol. The first kappa shape index (κ1) is 19.1. The Morgan fingerprint density at radius 3 is 2.56 bits per heavy atom. The first-order chi connectivity index (χ1) is 13.0. The topological polar surface area (TPSA) is 90.5 Å². The molecule has 146 valence electrons. The Balaban J connectivity index is 1.60. The minimum absolute atomic E-state index is 0.130. The second-order valence-electron chi connectivity index (χ2n) is 7.04. The number of amides is 4. The van der Waals surface area contributed by atoms with Gasteiger partial charge in [-0.2, -0.15) is 0 Å². The maximum atomic E-state index is 13.0. The van der Waals surface area contributed by atoms with Crippen molar-refractivity contribution >= 4 is 23.5 Å². The number of urea groups is 1. The number of benzene rings is 1. The van der Waals surface area contributed by atoms with E-state index in [4.69, 9.17) is 0 Å². The van der Waals surface area contributed by atoms with Crippen LogP contribution in [0.15, 0.2) is 24.3 Å². The van der Waals surface area contributed by atoms with E-state index in [0.29, 0.717) is 18.8 Å². The number of carbonyl (C=O) groups excluding carboxylic acids is 3. The van der Waals surface area contributed by atoms with E-state index >= 15 is 0 Å². The van der Waals surface area contributed by atoms with Crippen LogP contribution in [-0.4, -0.2) is 47.9 Å². The highest BCUT2D eigenvalue weighted by atomic mass is 19.1. The molecular formula is C19H25FN4O3. The molecule has 1 atom stereocenters. The molecule has 1 heterocycles. The number of piperazine rings is 1. The summed E-state index contributed by atoms with van der Waals surface area (Å²) >= 11 is 0. The van der Waals surface area contributed by atoms with E-state index < -0.39 is 17.8 Å². The monoisotopic (exact) mass is 376 g/mol. The SMILES string of the molecule is O=C(C[C@H]1C(=O)NCCN1C(=O)NC1CCCCC1)Nc1ccc(F)cc1. The van der Waals surface area contributed by atoms with Gasteiger partial charge in [0.25, 0.3) is 0 Å². The predicted octanol–water partition coefficient (Wildman–Crippen LogP) is 2.00. The lowest BCUT2D eigenvalue weighted by atomic mass is 9.95. The summed E-state index contributed by atoms with van der Waals surface area (Å²) in [4.78, 5) is 38.7. The van der Waals surface area contributed by atoms with Crippen LogP contribution in [0, 0.1) is 5.82 Å². The average Bonchev–Trinajstić information content (AvgIpc) is 2.66. The number of nitrogens with zero attached hydrogens (tertiary/aromatic N) is 1. The fraction of sp³-hybridized carbons (Fsp3) is 0.526. The second kappa shape index (κ2) is 8.83. The van der Waals surface area contributed by atoms with Gasteiger partial charge in [0.15, 0.2) is 0 Å². The third-order valence-corrected chi connectivity index (χ3v) is 5.03. The van der Waals surface area contributed by atoms with Crippen LogP contribution in [0.25, 0.3) is 0 Å². The molecule has 3 rings (SSSR count). The predicted molar refractivity (Wildman–Crippen MR) is 98.6 cm³/mol. The van der Waals surface area contributed by atoms with Crippen LogP contribution in [0.2, 0.25) is 0 Å². The molecule has 0 bridgehead atoms. The van der Waals surface area contributed by atoms with Crippen molar-refractivity contribution in [1.29, 1.82) is 0 Å². The highest BCUT2D eigenvalue weighted by Crippen LogP contribution is 2.19. The van der Waals surface area contributed by atoms with Crippen LogP contribution in [0.5, 0.6) is 0 Å². The van der Waals surface area contributed by atoms with Gasteiger partial charge in [-0.05, 0) is 37.1 Å². The van der Waals surface area contributed by atoms with Gasteiger partial charge in [-0.25, -0.2) is 9.18 Å². The van der Waals surface area contributed by atoms with Crippen molar-refractivity contribution in [2.24, 2.45) is 0 Å². The van der Waals surface area contributed by atoms with Crippen molar-refractivity contribution in [3.8, 4) is 0 Å². The van der Waals surface area contributed by atoms with Gasteiger partial charge in [-0.1, -0.05) is 19.3 Å². The van der Waals surface area contributed by atoms with Gasteiger partial charge in [0.1, 0.15) is 11.9 Å². The summed E-state index contributed by atoms with van der Waals surface area (Å²) in [6.45, 7) is 0.728. The molecule has 1 aromatic carbocycles. The molecule has 0 aromatic heterocycles. The van der Waals surface area contributed by atoms with Gasteiger partial charge in [-0.3, -0.25) is 9.59 Å². The Bertz CT molecular complexity index is 689. The standard InChI is InChI=1S/C19H25FN4O3/c20-13-6-8-15(9-7-13)22-17(25)12-16-18(26)21-10-11-24(16)19(27)23-14-4-2-1-3-5-14/h6-9,14,16H,1-5,10-12H2,(H,21,26)(H,22,25)(H,23,27)/t16-/m0/s1. The second-order valence-corrected chi connectivity index (χ2v) is 7.04. The van der Waals surface area contributed by atoms with Crippen molar-refractivity contribution in [1.82, 2.24) is 15.5 Å². The lowest BCUT2D eigenvalue weighted by molar-refractivity contribution is -0.131. The summed E-state index contributed by atoms with van der Waals surface area (Å²) < 4.78 is 13.0. The van der Waals surface area contributed by atoms with Crippen molar-refractivity contribution in [3.63, 3.8) is 0 Å². The summed E-state index contributed by atoms with van der Waals surface area (Å²) in [6, 6.07) is 4.35. The van der Waals surface area contributed by atoms with E-state index in [1.807, 2.05) is 0 Å². The van der Waals surface area contributed by atoms with Crippen LogP contribution in [0.1, 0.15) is 38.5 Å². The Morgan fingerprint density at radius 1 is 1.15 bits per heavy atom. The molecule has 1 aliphatic heterocycles. The van der Waals surface area contributed by atoms with Crippen LogP contribution in [0.3, 0.4) is 0 Å². The zero-order chi connectivity index (χ0) is 19.2. The highest BCUT2D eigenvalue weighted by Gasteiger charge is 2.35. The molecule has 1 aliphatic carbocycles. The summed E-state index contributed by atoms with van der Waals surface area (Å²) in [7, 11) is 0. The van der Waals surface area contributed by atoms with E-state index in [0.717, 1.165) is 25.7 Å². The zero-order valence-electron chi connectivity index (χ0n) is 15.2. The minimum atomic E-state index is -0.859. The van der Waals surface area contributed by atoms with Crippen LogP contribution in [0.4, 0.5) is 14.9 Å². The van der Waals surface area contributed by atoms with E-state index in [1.54, 1.807) is 0 Å². The molecule has 8 heteroatoms. The quantitative estimate of drug-likeness (QED) is 0.751. The average molecular weight is 376 g/mol. The van der Waals surface area contributed by atoms with E-state index in [1.165, 1.54) is 35.6 Å². The van der Waals surface area contributed by atoms with Gasteiger partial charge < -0.3 is 20.9 Å². The summed E-state index contributed by atoms with van der Waals surface area (Å²) in [5, 5.41) is 8.34. The zero-order valence-corrected chi connectivity index (χ0v) is 15.2. The molecule has 1 aromatic rings. The normalized spacial score (nSPS) is 20.7. The molecule has 0 radical (unpaired) electrons. The first-order valence-corrected chi connectivity index (χ1v) is 9.43. The molecule has 4 amide bonds. The number of hydrogen-bond donors (Lipinski definition) is 3. The minimum Gasteiger partial charge on any atom is -0.353 e. The van der Waals surface area contributed by atoms with Gasteiger partial charge in [-0.15, -0.1) is 0 Å². The third-order valence-electron chi connectivity index (χ3n) is 5.03. The molecule has 3 N–H and O–H groups in total. The number of carbonyl (C=O) groups is 3. The Hall–Kier alpha value is -2.64. The number of halogens is 1. The van der Waals surface area contributed by atoms with Crippen LogP contribution in [-0.2, 0) is 9.59 Å². The van der Waals surface area contributed by atoms with Crippen LogP contribution >= 0.6 is 0 Å². The fourth-order valence-electron chi connectivity index (χ4n) is 3.59.